The molecule has 1 N–H and O–H groups in total. The smallest absolute Gasteiger partial charge is 0.00952 e. The quantitative estimate of drug-likeness (QED) is 0.747. The van der Waals surface area contributed by atoms with Gasteiger partial charge in [0, 0.05) is 18.1 Å². The monoisotopic (exact) mass is 252 g/mol. The van der Waals surface area contributed by atoms with Crippen molar-refractivity contribution in [3.63, 3.8) is 0 Å². The molecule has 18 heavy (non-hydrogen) atoms. The van der Waals surface area contributed by atoms with Gasteiger partial charge in [-0.2, -0.15) is 0 Å². The first-order valence-electron chi connectivity index (χ1n) is 8.16. The molecule has 106 valence electrons. The van der Waals surface area contributed by atoms with Crippen LogP contribution in [0.4, 0.5) is 0 Å². The molecule has 2 fully saturated rings. The first-order chi connectivity index (χ1) is 8.70. The highest BCUT2D eigenvalue weighted by molar-refractivity contribution is 4.83. The zero-order valence-electron chi connectivity index (χ0n) is 12.6. The summed E-state index contributed by atoms with van der Waals surface area (Å²) in [7, 11) is 2.35. The normalized spacial score (nSPS) is 30.7. The van der Waals surface area contributed by atoms with Gasteiger partial charge in [0.2, 0.25) is 0 Å². The minimum atomic E-state index is 0.736. The van der Waals surface area contributed by atoms with Crippen molar-refractivity contribution in [2.24, 2.45) is 5.92 Å². The summed E-state index contributed by atoms with van der Waals surface area (Å²) in [5, 5.41) is 3.63. The van der Waals surface area contributed by atoms with E-state index in [0.717, 1.165) is 24.0 Å². The van der Waals surface area contributed by atoms with E-state index in [-0.39, 0.29) is 0 Å². The van der Waals surface area contributed by atoms with Gasteiger partial charge >= 0.3 is 0 Å². The largest absolute Gasteiger partial charge is 0.314 e. The lowest BCUT2D eigenvalue weighted by Crippen LogP contribution is -2.42. The van der Waals surface area contributed by atoms with Crippen LogP contribution in [-0.4, -0.2) is 36.6 Å². The first-order valence-corrected chi connectivity index (χ1v) is 8.16. The third-order valence-corrected chi connectivity index (χ3v) is 5.24. The SMILES string of the molecule is CCC1CCC(N(C)C(C)CCNC2CC2)CC1. The number of hydrogen-bond acceptors (Lipinski definition) is 2. The average Bonchev–Trinajstić information content (AvgIpc) is 3.22. The van der Waals surface area contributed by atoms with Gasteiger partial charge < -0.3 is 10.2 Å². The Morgan fingerprint density at radius 1 is 1.11 bits per heavy atom. The van der Waals surface area contributed by atoms with Crippen molar-refractivity contribution in [1.29, 1.82) is 0 Å². The molecule has 0 spiro atoms. The molecule has 2 nitrogen and oxygen atoms in total. The van der Waals surface area contributed by atoms with Gasteiger partial charge in [-0.25, -0.2) is 0 Å². The van der Waals surface area contributed by atoms with E-state index in [1.807, 2.05) is 0 Å². The Labute approximate surface area is 114 Å². The van der Waals surface area contributed by atoms with E-state index in [1.54, 1.807) is 0 Å². The molecule has 0 amide bonds. The standard InChI is InChI=1S/C16H32N2/c1-4-14-5-9-16(10-6-14)18(3)13(2)11-12-17-15-7-8-15/h13-17H,4-12H2,1-3H3. The molecular formula is C16H32N2. The summed E-state index contributed by atoms with van der Waals surface area (Å²) in [4.78, 5) is 2.65. The highest BCUT2D eigenvalue weighted by Gasteiger charge is 2.26. The maximum absolute atomic E-state index is 3.63. The molecule has 2 heteroatoms. The maximum Gasteiger partial charge on any atom is 0.00952 e. The third-order valence-electron chi connectivity index (χ3n) is 5.24. The number of rotatable bonds is 7. The highest BCUT2D eigenvalue weighted by Crippen LogP contribution is 2.30. The lowest BCUT2D eigenvalue weighted by molar-refractivity contribution is 0.122. The fourth-order valence-electron chi connectivity index (χ4n) is 3.31. The fraction of sp³-hybridized carbons (Fsp3) is 1.00. The van der Waals surface area contributed by atoms with Gasteiger partial charge in [-0.3, -0.25) is 0 Å². The Kier molecular flexibility index (Phi) is 5.50. The second-order valence-corrected chi connectivity index (χ2v) is 6.61. The second-order valence-electron chi connectivity index (χ2n) is 6.61. The van der Waals surface area contributed by atoms with Crippen LogP contribution in [0.25, 0.3) is 0 Å². The molecule has 2 rings (SSSR count). The summed E-state index contributed by atoms with van der Waals surface area (Å²) in [6.45, 7) is 5.96. The average molecular weight is 252 g/mol. The van der Waals surface area contributed by atoms with Crippen LogP contribution >= 0.6 is 0 Å². The molecule has 0 aromatic rings. The molecule has 0 radical (unpaired) electrons. The summed E-state index contributed by atoms with van der Waals surface area (Å²) >= 11 is 0. The van der Waals surface area contributed by atoms with E-state index >= 15 is 0 Å². The van der Waals surface area contributed by atoms with Gasteiger partial charge in [0.1, 0.15) is 0 Å². The van der Waals surface area contributed by atoms with Gasteiger partial charge in [-0.05, 0) is 71.4 Å². The van der Waals surface area contributed by atoms with Crippen LogP contribution in [0, 0.1) is 5.92 Å². The van der Waals surface area contributed by atoms with Crippen molar-refractivity contribution < 1.29 is 0 Å². The molecule has 0 aromatic carbocycles. The van der Waals surface area contributed by atoms with Crippen molar-refractivity contribution >= 4 is 0 Å². The maximum atomic E-state index is 3.63. The number of hydrogen-bond donors (Lipinski definition) is 1. The van der Waals surface area contributed by atoms with Gasteiger partial charge in [-0.1, -0.05) is 13.3 Å². The molecule has 0 saturated heterocycles. The number of nitrogens with one attached hydrogen (secondary N) is 1. The molecule has 2 aliphatic rings. The summed E-state index contributed by atoms with van der Waals surface area (Å²) in [6, 6.07) is 2.45. The molecule has 1 atom stereocenters. The molecule has 1 unspecified atom stereocenters. The molecule has 2 saturated carbocycles. The van der Waals surface area contributed by atoms with E-state index in [1.165, 1.54) is 57.9 Å². The van der Waals surface area contributed by atoms with Crippen LogP contribution in [-0.2, 0) is 0 Å². The highest BCUT2D eigenvalue weighted by atomic mass is 15.2. The van der Waals surface area contributed by atoms with E-state index in [2.05, 4.69) is 31.1 Å². The predicted octanol–water partition coefficient (Wildman–Crippen LogP) is 3.42. The van der Waals surface area contributed by atoms with Crippen molar-refractivity contribution in [2.75, 3.05) is 13.6 Å². The van der Waals surface area contributed by atoms with Crippen LogP contribution in [0.5, 0.6) is 0 Å². The predicted molar refractivity (Wildman–Crippen MR) is 78.9 cm³/mol. The van der Waals surface area contributed by atoms with Crippen molar-refractivity contribution in [3.05, 3.63) is 0 Å². The lowest BCUT2D eigenvalue weighted by Gasteiger charge is -2.38. The Balaban J connectivity index is 1.63. The van der Waals surface area contributed by atoms with Gasteiger partial charge in [0.05, 0.1) is 0 Å². The molecule has 2 aliphatic carbocycles. The topological polar surface area (TPSA) is 15.3 Å². The van der Waals surface area contributed by atoms with Crippen molar-refractivity contribution in [2.45, 2.75) is 83.3 Å². The number of nitrogens with zero attached hydrogens (tertiary/aromatic N) is 1. The minimum absolute atomic E-state index is 0.736. The van der Waals surface area contributed by atoms with Crippen LogP contribution in [0.15, 0.2) is 0 Å². The molecule has 0 aliphatic heterocycles. The second kappa shape index (κ2) is 6.91. The van der Waals surface area contributed by atoms with Crippen LogP contribution in [0.1, 0.15) is 65.2 Å². The summed E-state index contributed by atoms with van der Waals surface area (Å²) in [6.07, 6.45) is 11.3. The van der Waals surface area contributed by atoms with Gasteiger partial charge in [0.25, 0.3) is 0 Å². The van der Waals surface area contributed by atoms with E-state index < -0.39 is 0 Å². The van der Waals surface area contributed by atoms with Crippen LogP contribution in [0.3, 0.4) is 0 Å². The summed E-state index contributed by atoms with van der Waals surface area (Å²) in [5.74, 6) is 1.02. The fourth-order valence-corrected chi connectivity index (χ4v) is 3.31. The molecule has 0 bridgehead atoms. The van der Waals surface area contributed by atoms with Crippen LogP contribution in [0.2, 0.25) is 0 Å². The summed E-state index contributed by atoms with van der Waals surface area (Å²) in [5.41, 5.74) is 0. The zero-order chi connectivity index (χ0) is 13.0. The molecule has 0 heterocycles. The zero-order valence-corrected chi connectivity index (χ0v) is 12.6. The van der Waals surface area contributed by atoms with Crippen LogP contribution < -0.4 is 5.32 Å². The molecule has 0 aromatic heterocycles. The molecular weight excluding hydrogens is 220 g/mol. The van der Waals surface area contributed by atoms with Crippen molar-refractivity contribution in [1.82, 2.24) is 10.2 Å². The van der Waals surface area contributed by atoms with Gasteiger partial charge in [-0.15, -0.1) is 0 Å². The Bertz CT molecular complexity index is 229. The van der Waals surface area contributed by atoms with E-state index in [4.69, 9.17) is 0 Å². The first kappa shape index (κ1) is 14.3. The Morgan fingerprint density at radius 2 is 1.78 bits per heavy atom. The Hall–Kier alpha value is -0.0800. The Morgan fingerprint density at radius 3 is 2.33 bits per heavy atom. The van der Waals surface area contributed by atoms with E-state index in [0.29, 0.717) is 0 Å². The van der Waals surface area contributed by atoms with E-state index in [9.17, 15) is 0 Å². The lowest BCUT2D eigenvalue weighted by atomic mass is 9.83. The minimum Gasteiger partial charge on any atom is -0.314 e. The summed E-state index contributed by atoms with van der Waals surface area (Å²) < 4.78 is 0. The van der Waals surface area contributed by atoms with Crippen molar-refractivity contribution in [3.8, 4) is 0 Å². The van der Waals surface area contributed by atoms with Gasteiger partial charge in [0.15, 0.2) is 0 Å². The third kappa shape index (κ3) is 4.24.